The summed E-state index contributed by atoms with van der Waals surface area (Å²) >= 11 is 0. The van der Waals surface area contributed by atoms with Gasteiger partial charge in [-0.2, -0.15) is 4.98 Å². The summed E-state index contributed by atoms with van der Waals surface area (Å²) in [5.41, 5.74) is 2.46. The Morgan fingerprint density at radius 3 is 2.54 bits per heavy atom. The average molecular weight is 380 g/mol. The number of pyridine rings is 1. The lowest BCUT2D eigenvalue weighted by Gasteiger charge is -2.33. The van der Waals surface area contributed by atoms with Gasteiger partial charge in [0.25, 0.3) is 0 Å². The number of aromatic nitrogens is 3. The highest BCUT2D eigenvalue weighted by Crippen LogP contribution is 2.34. The van der Waals surface area contributed by atoms with E-state index in [1.165, 1.54) is 36.9 Å². The van der Waals surface area contributed by atoms with E-state index < -0.39 is 0 Å². The molecule has 2 fully saturated rings. The van der Waals surface area contributed by atoms with E-state index >= 15 is 0 Å². The number of rotatable bonds is 4. The third-order valence-electron chi connectivity index (χ3n) is 6.36. The molecule has 7 nitrogen and oxygen atoms in total. The molecule has 148 valence electrons. The normalized spacial score (nSPS) is 20.6. The zero-order valence-corrected chi connectivity index (χ0v) is 16.6. The van der Waals surface area contributed by atoms with Crippen molar-refractivity contribution in [3.05, 3.63) is 30.1 Å². The molecule has 0 radical (unpaired) electrons. The summed E-state index contributed by atoms with van der Waals surface area (Å²) in [5, 5.41) is 3.30. The first-order valence-electron chi connectivity index (χ1n) is 10.6. The Hall–Kier alpha value is -2.41. The number of nitrogens with zero attached hydrogens (tertiary/aromatic N) is 6. The van der Waals surface area contributed by atoms with Crippen molar-refractivity contribution < 1.29 is 0 Å². The molecule has 3 aliphatic rings. The summed E-state index contributed by atoms with van der Waals surface area (Å²) in [6.45, 7) is 5.38. The van der Waals surface area contributed by atoms with Crippen molar-refractivity contribution >= 4 is 23.3 Å². The maximum atomic E-state index is 4.84. The molecule has 0 unspecified atom stereocenters. The number of hydrogen-bond donors (Lipinski definition) is 1. The molecule has 1 saturated carbocycles. The zero-order chi connectivity index (χ0) is 18.9. The van der Waals surface area contributed by atoms with Gasteiger partial charge in [0.1, 0.15) is 11.6 Å². The van der Waals surface area contributed by atoms with Crippen LogP contribution in [0.5, 0.6) is 0 Å². The lowest BCUT2D eigenvalue weighted by molar-refractivity contribution is 0.313. The summed E-state index contributed by atoms with van der Waals surface area (Å²) in [6.07, 6.45) is 10.3. The van der Waals surface area contributed by atoms with Gasteiger partial charge in [0.2, 0.25) is 5.95 Å². The third kappa shape index (κ3) is 3.51. The second-order valence-electron chi connectivity index (χ2n) is 8.24. The van der Waals surface area contributed by atoms with Gasteiger partial charge < -0.3 is 20.0 Å². The van der Waals surface area contributed by atoms with Crippen LogP contribution >= 0.6 is 0 Å². The van der Waals surface area contributed by atoms with Crippen molar-refractivity contribution in [2.45, 2.75) is 38.1 Å². The van der Waals surface area contributed by atoms with Gasteiger partial charge in [-0.1, -0.05) is 12.8 Å². The van der Waals surface area contributed by atoms with Gasteiger partial charge in [0.15, 0.2) is 0 Å². The second-order valence-corrected chi connectivity index (χ2v) is 8.24. The number of fused-ring (bicyclic) bond motifs is 1. The number of anilines is 4. The predicted molar refractivity (Wildman–Crippen MR) is 113 cm³/mol. The Morgan fingerprint density at radius 2 is 1.79 bits per heavy atom. The highest BCUT2D eigenvalue weighted by atomic mass is 15.3. The van der Waals surface area contributed by atoms with Crippen molar-refractivity contribution in [1.29, 1.82) is 0 Å². The van der Waals surface area contributed by atoms with Crippen LogP contribution in [-0.4, -0.2) is 65.7 Å². The topological polar surface area (TPSA) is 60.4 Å². The molecule has 1 N–H and O–H groups in total. The molecule has 0 aromatic carbocycles. The molecule has 1 aliphatic carbocycles. The Morgan fingerprint density at radius 1 is 0.964 bits per heavy atom. The van der Waals surface area contributed by atoms with E-state index in [2.05, 4.69) is 43.1 Å². The molecule has 2 aromatic rings. The van der Waals surface area contributed by atoms with Crippen molar-refractivity contribution in [2.24, 2.45) is 0 Å². The Kier molecular flexibility index (Phi) is 4.76. The summed E-state index contributed by atoms with van der Waals surface area (Å²) in [4.78, 5) is 21.2. The number of hydrogen-bond acceptors (Lipinski definition) is 7. The van der Waals surface area contributed by atoms with Gasteiger partial charge in [-0.05, 0) is 38.4 Å². The van der Waals surface area contributed by atoms with E-state index in [1.54, 1.807) is 0 Å². The summed E-state index contributed by atoms with van der Waals surface area (Å²) in [6, 6.07) is 4.82. The van der Waals surface area contributed by atoms with Crippen LogP contribution in [-0.2, 0) is 6.42 Å². The van der Waals surface area contributed by atoms with E-state index in [-0.39, 0.29) is 0 Å². The van der Waals surface area contributed by atoms with Gasteiger partial charge in [-0.15, -0.1) is 0 Å². The van der Waals surface area contributed by atoms with Gasteiger partial charge in [-0.3, -0.25) is 0 Å². The Balaban J connectivity index is 1.28. The third-order valence-corrected chi connectivity index (χ3v) is 6.36. The second kappa shape index (κ2) is 7.54. The maximum absolute atomic E-state index is 4.84. The molecule has 2 aromatic heterocycles. The fraction of sp³-hybridized carbons (Fsp3) is 0.571. The van der Waals surface area contributed by atoms with Crippen molar-refractivity contribution in [3.8, 4) is 0 Å². The summed E-state index contributed by atoms with van der Waals surface area (Å²) in [5.74, 6) is 2.56. The van der Waals surface area contributed by atoms with Crippen molar-refractivity contribution in [3.63, 3.8) is 0 Å². The molecule has 1 saturated heterocycles. The van der Waals surface area contributed by atoms with Crippen molar-refractivity contribution in [1.82, 2.24) is 19.9 Å². The first-order valence-corrected chi connectivity index (χ1v) is 10.6. The largest absolute Gasteiger partial charge is 0.368 e. The van der Waals surface area contributed by atoms with Gasteiger partial charge in [-0.25, -0.2) is 9.97 Å². The van der Waals surface area contributed by atoms with Crippen LogP contribution in [0.15, 0.2) is 24.5 Å². The van der Waals surface area contributed by atoms with Crippen LogP contribution in [0, 0.1) is 0 Å². The monoisotopic (exact) mass is 379 g/mol. The van der Waals surface area contributed by atoms with E-state index in [0.29, 0.717) is 12.0 Å². The standard InChI is InChI=1S/C21H29N7/c1-26-10-12-27(13-11-26)18-6-7-19(22-15-18)24-21-23-14-16-8-9-28(20(16)25-21)17-4-2-3-5-17/h6-7,14-15,17H,2-5,8-13H2,1H3,(H,22,23,24,25). The lowest BCUT2D eigenvalue weighted by Crippen LogP contribution is -2.44. The molecule has 0 bridgehead atoms. The van der Waals surface area contributed by atoms with Crippen LogP contribution in [0.2, 0.25) is 0 Å². The average Bonchev–Trinajstić information content (AvgIpc) is 3.38. The van der Waals surface area contributed by atoms with Crippen LogP contribution in [0.4, 0.5) is 23.3 Å². The van der Waals surface area contributed by atoms with Crippen LogP contribution in [0.1, 0.15) is 31.2 Å². The Labute approximate surface area is 166 Å². The van der Waals surface area contributed by atoms with Gasteiger partial charge in [0.05, 0.1) is 11.9 Å². The van der Waals surface area contributed by atoms with Gasteiger partial charge >= 0.3 is 0 Å². The van der Waals surface area contributed by atoms with Crippen LogP contribution in [0.3, 0.4) is 0 Å². The minimum absolute atomic E-state index is 0.642. The molecule has 7 heteroatoms. The summed E-state index contributed by atoms with van der Waals surface area (Å²) < 4.78 is 0. The minimum Gasteiger partial charge on any atom is -0.368 e. The first kappa shape index (κ1) is 17.7. The Bertz CT molecular complexity index is 808. The number of nitrogens with one attached hydrogen (secondary N) is 1. The number of piperazine rings is 1. The van der Waals surface area contributed by atoms with E-state index in [1.807, 2.05) is 18.5 Å². The minimum atomic E-state index is 0.642. The molecule has 4 heterocycles. The first-order chi connectivity index (χ1) is 13.8. The fourth-order valence-electron chi connectivity index (χ4n) is 4.63. The highest BCUT2D eigenvalue weighted by molar-refractivity contribution is 5.59. The van der Waals surface area contributed by atoms with E-state index in [0.717, 1.165) is 50.8 Å². The number of likely N-dealkylation sites (N-methyl/N-ethyl adjacent to an activating group) is 1. The molecule has 2 aliphatic heterocycles. The van der Waals surface area contributed by atoms with E-state index in [9.17, 15) is 0 Å². The van der Waals surface area contributed by atoms with Gasteiger partial charge in [0, 0.05) is 50.5 Å². The summed E-state index contributed by atoms with van der Waals surface area (Å²) in [7, 11) is 2.17. The smallest absolute Gasteiger partial charge is 0.230 e. The maximum Gasteiger partial charge on any atom is 0.230 e. The highest BCUT2D eigenvalue weighted by Gasteiger charge is 2.30. The quantitative estimate of drug-likeness (QED) is 0.876. The van der Waals surface area contributed by atoms with Crippen molar-refractivity contribution in [2.75, 3.05) is 54.9 Å². The molecule has 0 atom stereocenters. The molecule has 0 spiro atoms. The lowest BCUT2D eigenvalue weighted by atomic mass is 10.2. The zero-order valence-electron chi connectivity index (χ0n) is 16.6. The molecule has 28 heavy (non-hydrogen) atoms. The molecular weight excluding hydrogens is 350 g/mol. The SMILES string of the molecule is CN1CCN(c2ccc(Nc3ncc4c(n3)N(C3CCCC3)CC4)nc2)CC1. The predicted octanol–water partition coefficient (Wildman–Crippen LogP) is 2.67. The van der Waals surface area contributed by atoms with Crippen LogP contribution < -0.4 is 15.1 Å². The molecule has 0 amide bonds. The molecular formula is C21H29N7. The van der Waals surface area contributed by atoms with Crippen LogP contribution in [0.25, 0.3) is 0 Å². The van der Waals surface area contributed by atoms with E-state index in [4.69, 9.17) is 4.98 Å². The molecule has 5 rings (SSSR count). The fourth-order valence-corrected chi connectivity index (χ4v) is 4.63.